The van der Waals surface area contributed by atoms with E-state index >= 15 is 0 Å². The van der Waals surface area contributed by atoms with E-state index in [-0.39, 0.29) is 42.9 Å². The van der Waals surface area contributed by atoms with Crippen LogP contribution < -0.4 is 10.1 Å². The van der Waals surface area contributed by atoms with Gasteiger partial charge in [-0.3, -0.25) is 9.69 Å². The Morgan fingerprint density at radius 2 is 1.91 bits per heavy atom. The fraction of sp³-hybridized carbons (Fsp3) is 0.500. The number of benzene rings is 1. The molecule has 128 valence electrons. The number of hydrogen-bond acceptors (Lipinski definition) is 5. The highest BCUT2D eigenvalue weighted by atomic mass is 32.2. The maximum atomic E-state index is 13.0. The van der Waals surface area contributed by atoms with Crippen molar-refractivity contribution in [3.05, 3.63) is 29.8 Å². The average Bonchev–Trinajstić information content (AvgIpc) is 2.49. The van der Waals surface area contributed by atoms with Gasteiger partial charge in [0.1, 0.15) is 12.4 Å². The van der Waals surface area contributed by atoms with Crippen molar-refractivity contribution in [1.29, 1.82) is 0 Å². The Hall–Kier alpha value is -1.74. The number of hydrogen-bond donors (Lipinski definition) is 1. The molecule has 0 unspecified atom stereocenters. The maximum Gasteiger partial charge on any atom is 0.234 e. The summed E-state index contributed by atoms with van der Waals surface area (Å²) in [4.78, 5) is 13.5. The zero-order valence-corrected chi connectivity index (χ0v) is 13.2. The van der Waals surface area contributed by atoms with E-state index in [9.17, 15) is 22.0 Å². The number of amides is 1. The molecular weight excluding hydrogens is 330 g/mol. The predicted molar refractivity (Wildman–Crippen MR) is 80.0 cm³/mol. The first-order valence-electron chi connectivity index (χ1n) is 7.13. The lowest BCUT2D eigenvalue weighted by Crippen LogP contribution is -2.45. The molecule has 1 fully saturated rings. The highest BCUT2D eigenvalue weighted by Gasteiger charge is 2.22. The molecule has 0 aromatic heterocycles. The molecule has 1 aliphatic rings. The molecular formula is C14H18F2N2O4S. The number of nitrogens with zero attached hydrogens (tertiary/aromatic N) is 1. The molecule has 0 aliphatic carbocycles. The first kappa shape index (κ1) is 17.6. The highest BCUT2D eigenvalue weighted by Crippen LogP contribution is 2.14. The molecule has 1 heterocycles. The van der Waals surface area contributed by atoms with Gasteiger partial charge in [0.25, 0.3) is 0 Å². The van der Waals surface area contributed by atoms with Crippen LogP contribution in [0.2, 0.25) is 0 Å². The molecule has 1 aromatic rings. The molecule has 1 aliphatic heterocycles. The van der Waals surface area contributed by atoms with Crippen LogP contribution >= 0.6 is 0 Å². The molecule has 1 amide bonds. The maximum absolute atomic E-state index is 13.0. The fourth-order valence-corrected chi connectivity index (χ4v) is 3.37. The quantitative estimate of drug-likeness (QED) is 0.743. The van der Waals surface area contributed by atoms with Crippen molar-refractivity contribution >= 4 is 15.7 Å². The number of rotatable bonds is 6. The van der Waals surface area contributed by atoms with Crippen LogP contribution in [0.4, 0.5) is 8.78 Å². The number of carbonyl (C=O) groups excluding carboxylic acids is 1. The number of nitrogens with one attached hydrogen (secondary N) is 1. The van der Waals surface area contributed by atoms with Crippen molar-refractivity contribution in [1.82, 2.24) is 10.2 Å². The van der Waals surface area contributed by atoms with Crippen molar-refractivity contribution in [2.45, 2.75) is 0 Å². The summed E-state index contributed by atoms with van der Waals surface area (Å²) in [7, 11) is -2.96. The molecule has 0 spiro atoms. The lowest BCUT2D eigenvalue weighted by molar-refractivity contribution is -0.122. The van der Waals surface area contributed by atoms with Gasteiger partial charge < -0.3 is 10.1 Å². The standard InChI is InChI=1S/C14H18F2N2O4S/c15-12-2-1-11(9-13(12)16)22-6-3-17-14(19)10-18-4-7-23(20,21)8-5-18/h1-2,9H,3-8,10H2,(H,17,19). The molecule has 0 bridgehead atoms. The molecule has 1 aromatic carbocycles. The molecule has 2 rings (SSSR count). The van der Waals surface area contributed by atoms with Gasteiger partial charge in [0.05, 0.1) is 24.6 Å². The average molecular weight is 348 g/mol. The molecule has 1 N–H and O–H groups in total. The van der Waals surface area contributed by atoms with Gasteiger partial charge in [-0.1, -0.05) is 0 Å². The minimum Gasteiger partial charge on any atom is -0.492 e. The molecule has 9 heteroatoms. The number of sulfone groups is 1. The molecule has 23 heavy (non-hydrogen) atoms. The van der Waals surface area contributed by atoms with Gasteiger partial charge in [0.2, 0.25) is 5.91 Å². The number of halogens is 2. The van der Waals surface area contributed by atoms with Crippen LogP contribution in [0.3, 0.4) is 0 Å². The second kappa shape index (κ2) is 7.69. The largest absolute Gasteiger partial charge is 0.492 e. The van der Waals surface area contributed by atoms with Gasteiger partial charge in [0, 0.05) is 19.2 Å². The topological polar surface area (TPSA) is 75.7 Å². The van der Waals surface area contributed by atoms with Crippen LogP contribution in [-0.2, 0) is 14.6 Å². The van der Waals surface area contributed by atoms with Gasteiger partial charge in [-0.05, 0) is 12.1 Å². The zero-order valence-electron chi connectivity index (χ0n) is 12.4. The summed E-state index contributed by atoms with van der Waals surface area (Å²) in [5.41, 5.74) is 0. The van der Waals surface area contributed by atoms with Crippen LogP contribution in [0, 0.1) is 11.6 Å². The van der Waals surface area contributed by atoms with Gasteiger partial charge in [-0.25, -0.2) is 17.2 Å². The first-order chi connectivity index (χ1) is 10.9. The molecule has 6 nitrogen and oxygen atoms in total. The Morgan fingerprint density at radius 3 is 2.57 bits per heavy atom. The summed E-state index contributed by atoms with van der Waals surface area (Å²) < 4.78 is 53.4. The van der Waals surface area contributed by atoms with Crippen molar-refractivity contribution < 1.29 is 26.7 Å². The van der Waals surface area contributed by atoms with E-state index in [4.69, 9.17) is 4.74 Å². The van der Waals surface area contributed by atoms with Crippen LogP contribution in [0.5, 0.6) is 5.75 Å². The third-order valence-corrected chi connectivity index (χ3v) is 5.00. The smallest absolute Gasteiger partial charge is 0.234 e. The van der Waals surface area contributed by atoms with E-state index in [1.54, 1.807) is 4.90 Å². The first-order valence-corrected chi connectivity index (χ1v) is 8.95. The predicted octanol–water partition coefficient (Wildman–Crippen LogP) is 0.190. The Balaban J connectivity index is 1.64. The van der Waals surface area contributed by atoms with Crippen molar-refractivity contribution in [2.75, 3.05) is 44.3 Å². The molecule has 0 radical (unpaired) electrons. The van der Waals surface area contributed by atoms with E-state index in [1.807, 2.05) is 0 Å². The molecule has 0 saturated carbocycles. The Kier molecular flexibility index (Phi) is 5.89. The van der Waals surface area contributed by atoms with E-state index in [2.05, 4.69) is 5.32 Å². The third-order valence-electron chi connectivity index (χ3n) is 3.39. The normalized spacial score (nSPS) is 17.7. The summed E-state index contributed by atoms with van der Waals surface area (Å²) in [6.45, 7) is 1.15. The monoisotopic (exact) mass is 348 g/mol. The molecule has 0 atom stereocenters. The van der Waals surface area contributed by atoms with Gasteiger partial charge in [-0.2, -0.15) is 0 Å². The zero-order chi connectivity index (χ0) is 16.9. The number of carbonyl (C=O) groups is 1. The van der Waals surface area contributed by atoms with E-state index in [0.29, 0.717) is 13.1 Å². The summed E-state index contributed by atoms with van der Waals surface area (Å²) in [6.07, 6.45) is 0. The minimum absolute atomic E-state index is 0.0690. The third kappa shape index (κ3) is 5.76. The summed E-state index contributed by atoms with van der Waals surface area (Å²) in [5.74, 6) is -1.86. The Labute approximate surface area is 133 Å². The van der Waals surface area contributed by atoms with Gasteiger partial charge >= 0.3 is 0 Å². The second-order valence-electron chi connectivity index (χ2n) is 5.20. The second-order valence-corrected chi connectivity index (χ2v) is 7.51. The highest BCUT2D eigenvalue weighted by molar-refractivity contribution is 7.91. The summed E-state index contributed by atoms with van der Waals surface area (Å²) >= 11 is 0. The van der Waals surface area contributed by atoms with E-state index in [1.165, 1.54) is 6.07 Å². The number of ether oxygens (including phenoxy) is 1. The van der Waals surface area contributed by atoms with Crippen molar-refractivity contribution in [3.63, 3.8) is 0 Å². The van der Waals surface area contributed by atoms with Gasteiger partial charge in [0.15, 0.2) is 21.5 Å². The summed E-state index contributed by atoms with van der Waals surface area (Å²) in [5, 5.41) is 2.62. The minimum atomic E-state index is -2.96. The van der Waals surface area contributed by atoms with Crippen LogP contribution in [0.1, 0.15) is 0 Å². The van der Waals surface area contributed by atoms with Crippen LogP contribution in [-0.4, -0.2) is 63.5 Å². The lowest BCUT2D eigenvalue weighted by Gasteiger charge is -2.25. The molecule has 1 saturated heterocycles. The fourth-order valence-electron chi connectivity index (χ4n) is 2.09. The van der Waals surface area contributed by atoms with Gasteiger partial charge in [-0.15, -0.1) is 0 Å². The van der Waals surface area contributed by atoms with E-state index < -0.39 is 21.5 Å². The lowest BCUT2D eigenvalue weighted by atomic mass is 10.3. The van der Waals surface area contributed by atoms with Crippen LogP contribution in [0.25, 0.3) is 0 Å². The van der Waals surface area contributed by atoms with Crippen LogP contribution in [0.15, 0.2) is 18.2 Å². The van der Waals surface area contributed by atoms with E-state index in [0.717, 1.165) is 12.1 Å². The SMILES string of the molecule is O=C(CN1CCS(=O)(=O)CC1)NCCOc1ccc(F)c(F)c1. The Morgan fingerprint density at radius 1 is 1.22 bits per heavy atom. The van der Waals surface area contributed by atoms with Crippen molar-refractivity contribution in [3.8, 4) is 5.75 Å². The summed E-state index contributed by atoms with van der Waals surface area (Å²) in [6, 6.07) is 3.20. The van der Waals surface area contributed by atoms with Crippen molar-refractivity contribution in [2.24, 2.45) is 0 Å². The Bertz CT molecular complexity index is 653.